The predicted molar refractivity (Wildman–Crippen MR) is 79.6 cm³/mol. The quantitative estimate of drug-likeness (QED) is 0.614. The maximum atomic E-state index is 10.3. The number of rotatable bonds is 5. The molecule has 2 rings (SSSR count). The minimum Gasteiger partial charge on any atom is -0.497 e. The Morgan fingerprint density at radius 3 is 2.55 bits per heavy atom. The molecule has 0 aliphatic heterocycles. The van der Waals surface area contributed by atoms with Crippen LogP contribution in [0, 0.1) is 10.1 Å². The van der Waals surface area contributed by atoms with Crippen molar-refractivity contribution in [1.82, 2.24) is 0 Å². The maximum Gasteiger partial charge on any atom is 0.235 e. The molecule has 0 atom stereocenters. The monoisotopic (exact) mass is 287 g/mol. The summed E-state index contributed by atoms with van der Waals surface area (Å²) in [5, 5.41) is 10.3. The molecule has 2 aromatic rings. The van der Waals surface area contributed by atoms with E-state index < -0.39 is 4.92 Å². The Bertz CT molecular complexity index is 623. The molecular weight excluding hydrogens is 274 g/mol. The molecule has 0 aliphatic carbocycles. The van der Waals surface area contributed by atoms with Gasteiger partial charge < -0.3 is 4.74 Å². The minimum atomic E-state index is -0.469. The van der Waals surface area contributed by atoms with Crippen LogP contribution in [-0.4, -0.2) is 12.0 Å². The van der Waals surface area contributed by atoms with Crippen LogP contribution in [0.25, 0.3) is 6.08 Å². The molecule has 0 saturated heterocycles. The van der Waals surface area contributed by atoms with E-state index in [1.165, 1.54) is 6.08 Å². The summed E-state index contributed by atoms with van der Waals surface area (Å²) < 4.78 is 5.11. The van der Waals surface area contributed by atoms with Crippen LogP contribution < -0.4 is 4.74 Å². The highest BCUT2D eigenvalue weighted by atomic mass is 32.2. The Hall–Kier alpha value is -2.27. The van der Waals surface area contributed by atoms with Gasteiger partial charge in [0.25, 0.3) is 0 Å². The number of methoxy groups -OCH3 is 1. The number of ether oxygens (including phenoxy) is 1. The first kappa shape index (κ1) is 14.1. The summed E-state index contributed by atoms with van der Waals surface area (Å²) in [7, 11) is 1.63. The van der Waals surface area contributed by atoms with Gasteiger partial charge in [0.15, 0.2) is 0 Å². The van der Waals surface area contributed by atoms with Gasteiger partial charge in [0.1, 0.15) is 5.75 Å². The molecule has 20 heavy (non-hydrogen) atoms. The molecule has 0 unspecified atom stereocenters. The van der Waals surface area contributed by atoms with Gasteiger partial charge in [-0.25, -0.2) is 0 Å². The number of nitro groups is 1. The molecular formula is C15H13NO3S. The van der Waals surface area contributed by atoms with Gasteiger partial charge >= 0.3 is 0 Å². The zero-order valence-corrected chi connectivity index (χ0v) is 11.7. The van der Waals surface area contributed by atoms with E-state index in [0.29, 0.717) is 0 Å². The van der Waals surface area contributed by atoms with Crippen molar-refractivity contribution in [3.05, 3.63) is 70.4 Å². The second-order valence-electron chi connectivity index (χ2n) is 3.95. The summed E-state index contributed by atoms with van der Waals surface area (Å²) in [6, 6.07) is 15.3. The van der Waals surface area contributed by atoms with Crippen molar-refractivity contribution in [2.75, 3.05) is 7.11 Å². The van der Waals surface area contributed by atoms with Crippen LogP contribution in [-0.2, 0) is 0 Å². The maximum absolute atomic E-state index is 10.3. The molecule has 2 aromatic carbocycles. The van der Waals surface area contributed by atoms with E-state index in [0.717, 1.165) is 27.3 Å². The summed E-state index contributed by atoms with van der Waals surface area (Å²) in [5.74, 6) is 0.817. The summed E-state index contributed by atoms with van der Waals surface area (Å²) in [6.07, 6.45) is 2.43. The highest BCUT2D eigenvalue weighted by Gasteiger charge is 1.99. The lowest BCUT2D eigenvalue weighted by Crippen LogP contribution is -1.83. The van der Waals surface area contributed by atoms with Crippen molar-refractivity contribution in [2.45, 2.75) is 9.79 Å². The minimum absolute atomic E-state index is 0.469. The molecule has 5 heteroatoms. The molecule has 0 spiro atoms. The standard InChI is InChI=1S/C15H13NO3S/c1-19-13-5-7-14(8-6-13)20-15-4-2-3-12(11-15)9-10-16(17)18/h2-11H,1H3. The molecule has 0 aromatic heterocycles. The zero-order chi connectivity index (χ0) is 14.4. The van der Waals surface area contributed by atoms with Crippen molar-refractivity contribution in [3.63, 3.8) is 0 Å². The topological polar surface area (TPSA) is 52.4 Å². The third kappa shape index (κ3) is 4.13. The van der Waals surface area contributed by atoms with Crippen LogP contribution in [0.5, 0.6) is 5.75 Å². The van der Waals surface area contributed by atoms with Crippen LogP contribution in [0.4, 0.5) is 0 Å². The SMILES string of the molecule is COc1ccc(Sc2cccc(C=C[N+](=O)[O-])c2)cc1. The highest BCUT2D eigenvalue weighted by molar-refractivity contribution is 7.99. The molecule has 0 saturated carbocycles. The van der Waals surface area contributed by atoms with Crippen molar-refractivity contribution in [1.29, 1.82) is 0 Å². The molecule has 0 N–H and O–H groups in total. The van der Waals surface area contributed by atoms with E-state index in [4.69, 9.17) is 4.74 Å². The van der Waals surface area contributed by atoms with Crippen LogP contribution in [0.15, 0.2) is 64.5 Å². The number of benzene rings is 2. The van der Waals surface area contributed by atoms with Crippen LogP contribution >= 0.6 is 11.8 Å². The largest absolute Gasteiger partial charge is 0.497 e. The summed E-state index contributed by atoms with van der Waals surface area (Å²) in [5.41, 5.74) is 0.806. The Kier molecular flexibility index (Phi) is 4.79. The molecule has 0 aliphatic rings. The third-order valence-electron chi connectivity index (χ3n) is 2.54. The lowest BCUT2D eigenvalue weighted by molar-refractivity contribution is -0.400. The van der Waals surface area contributed by atoms with E-state index in [9.17, 15) is 10.1 Å². The van der Waals surface area contributed by atoms with Gasteiger partial charge in [-0.1, -0.05) is 23.9 Å². The predicted octanol–water partition coefficient (Wildman–Crippen LogP) is 4.09. The molecule has 0 fully saturated rings. The van der Waals surface area contributed by atoms with E-state index in [-0.39, 0.29) is 0 Å². The molecule has 0 amide bonds. The molecule has 0 radical (unpaired) electrons. The molecule has 0 bridgehead atoms. The van der Waals surface area contributed by atoms with Gasteiger partial charge in [-0.3, -0.25) is 10.1 Å². The zero-order valence-electron chi connectivity index (χ0n) is 10.9. The first-order valence-electron chi connectivity index (χ1n) is 5.91. The second kappa shape index (κ2) is 6.77. The Balaban J connectivity index is 2.12. The first-order valence-corrected chi connectivity index (χ1v) is 6.73. The van der Waals surface area contributed by atoms with Gasteiger partial charge in [0.05, 0.1) is 12.0 Å². The fraction of sp³-hybridized carbons (Fsp3) is 0.0667. The van der Waals surface area contributed by atoms with E-state index in [1.54, 1.807) is 18.9 Å². The van der Waals surface area contributed by atoms with Crippen LogP contribution in [0.3, 0.4) is 0 Å². The Morgan fingerprint density at radius 1 is 1.15 bits per heavy atom. The van der Waals surface area contributed by atoms with Gasteiger partial charge in [-0.15, -0.1) is 0 Å². The lowest BCUT2D eigenvalue weighted by atomic mass is 10.2. The van der Waals surface area contributed by atoms with Gasteiger partial charge in [0.2, 0.25) is 6.20 Å². The van der Waals surface area contributed by atoms with Crippen molar-refractivity contribution < 1.29 is 9.66 Å². The van der Waals surface area contributed by atoms with E-state index in [1.807, 2.05) is 48.5 Å². The molecule has 0 heterocycles. The van der Waals surface area contributed by atoms with Crippen molar-refractivity contribution in [3.8, 4) is 5.75 Å². The van der Waals surface area contributed by atoms with Crippen molar-refractivity contribution >= 4 is 17.8 Å². The van der Waals surface area contributed by atoms with Crippen LogP contribution in [0.2, 0.25) is 0 Å². The van der Waals surface area contributed by atoms with E-state index in [2.05, 4.69) is 0 Å². The van der Waals surface area contributed by atoms with Gasteiger partial charge in [-0.05, 0) is 42.0 Å². The lowest BCUT2D eigenvalue weighted by Gasteiger charge is -2.04. The molecule has 102 valence electrons. The summed E-state index contributed by atoms with van der Waals surface area (Å²) >= 11 is 1.60. The fourth-order valence-corrected chi connectivity index (χ4v) is 2.49. The Morgan fingerprint density at radius 2 is 1.90 bits per heavy atom. The summed E-state index contributed by atoms with van der Waals surface area (Å²) in [4.78, 5) is 12.0. The Labute approximate surface area is 121 Å². The van der Waals surface area contributed by atoms with Gasteiger partial charge in [-0.2, -0.15) is 0 Å². The fourth-order valence-electron chi connectivity index (χ4n) is 1.61. The van der Waals surface area contributed by atoms with Gasteiger partial charge in [0, 0.05) is 15.9 Å². The number of hydrogen-bond acceptors (Lipinski definition) is 4. The van der Waals surface area contributed by atoms with Crippen molar-refractivity contribution in [2.24, 2.45) is 0 Å². The average Bonchev–Trinajstić information content (AvgIpc) is 2.46. The molecule has 4 nitrogen and oxygen atoms in total. The van der Waals surface area contributed by atoms with E-state index >= 15 is 0 Å². The summed E-state index contributed by atoms with van der Waals surface area (Å²) in [6.45, 7) is 0. The normalized spacial score (nSPS) is 10.7. The number of nitrogens with zero attached hydrogens (tertiary/aromatic N) is 1. The number of hydrogen-bond donors (Lipinski definition) is 0. The second-order valence-corrected chi connectivity index (χ2v) is 5.10. The average molecular weight is 287 g/mol. The third-order valence-corrected chi connectivity index (χ3v) is 3.54. The van der Waals surface area contributed by atoms with Crippen LogP contribution in [0.1, 0.15) is 5.56 Å². The highest BCUT2D eigenvalue weighted by Crippen LogP contribution is 2.29. The smallest absolute Gasteiger partial charge is 0.235 e. The first-order chi connectivity index (χ1) is 9.67.